The molecule has 0 rings (SSSR count). The molecule has 56 valence electrons. The highest BCUT2D eigenvalue weighted by atomic mass is 32.1. The Balaban J connectivity index is 0. The van der Waals surface area contributed by atoms with Gasteiger partial charge in [-0.05, 0) is 19.1 Å². The third-order valence-electron chi connectivity index (χ3n) is 0.264. The molecule has 0 aromatic heterocycles. The van der Waals surface area contributed by atoms with Gasteiger partial charge in [-0.15, -0.1) is 0 Å². The van der Waals surface area contributed by atoms with Crippen molar-refractivity contribution in [3.63, 3.8) is 0 Å². The SMILES string of the molecule is CC(O)CO.NC(N)=S. The Labute approximate surface area is 59.5 Å². The van der Waals surface area contributed by atoms with Crippen molar-refractivity contribution in [2.24, 2.45) is 11.5 Å². The normalized spacial score (nSPS) is 11.0. The van der Waals surface area contributed by atoms with Crippen LogP contribution in [0.15, 0.2) is 0 Å². The number of thiocarbonyl (C=S) groups is 1. The molecule has 0 aromatic carbocycles. The topological polar surface area (TPSA) is 92.5 Å². The number of aliphatic hydroxyl groups is 2. The fourth-order valence-corrected chi connectivity index (χ4v) is 0. The fraction of sp³-hybridized carbons (Fsp3) is 0.750. The van der Waals surface area contributed by atoms with Crippen molar-refractivity contribution in [3.05, 3.63) is 0 Å². The van der Waals surface area contributed by atoms with E-state index < -0.39 is 6.10 Å². The van der Waals surface area contributed by atoms with Gasteiger partial charge in [0.05, 0.1) is 12.7 Å². The Morgan fingerprint density at radius 1 is 1.67 bits per heavy atom. The van der Waals surface area contributed by atoms with E-state index in [1.165, 1.54) is 6.92 Å². The fourth-order valence-electron chi connectivity index (χ4n) is 0. The van der Waals surface area contributed by atoms with Gasteiger partial charge in [0, 0.05) is 0 Å². The summed E-state index contributed by atoms with van der Waals surface area (Å²) in [6, 6.07) is 0. The molecule has 0 aliphatic rings. The molecule has 0 aliphatic carbocycles. The minimum absolute atomic E-state index is 0.000000000000000222. The minimum atomic E-state index is -0.560. The molecular formula is C4H12N2O2S. The van der Waals surface area contributed by atoms with Gasteiger partial charge in [0.25, 0.3) is 0 Å². The lowest BCUT2D eigenvalue weighted by Crippen LogP contribution is -2.18. The van der Waals surface area contributed by atoms with Crippen LogP contribution in [0.2, 0.25) is 0 Å². The van der Waals surface area contributed by atoms with E-state index in [4.69, 9.17) is 10.2 Å². The molecular weight excluding hydrogens is 140 g/mol. The number of aliphatic hydroxyl groups excluding tert-OH is 2. The molecule has 0 saturated heterocycles. The molecule has 0 saturated carbocycles. The first-order valence-corrected chi connectivity index (χ1v) is 2.75. The Morgan fingerprint density at radius 2 is 1.78 bits per heavy atom. The van der Waals surface area contributed by atoms with Crippen molar-refractivity contribution in [2.75, 3.05) is 6.61 Å². The summed E-state index contributed by atoms with van der Waals surface area (Å²) in [5.41, 5.74) is 9.24. The summed E-state index contributed by atoms with van der Waals surface area (Å²) in [6.07, 6.45) is -0.560. The predicted molar refractivity (Wildman–Crippen MR) is 39.7 cm³/mol. The van der Waals surface area contributed by atoms with Gasteiger partial charge in [-0.3, -0.25) is 0 Å². The van der Waals surface area contributed by atoms with Crippen LogP contribution in [0, 0.1) is 0 Å². The molecule has 5 heteroatoms. The molecule has 4 nitrogen and oxygen atoms in total. The molecule has 0 heterocycles. The second kappa shape index (κ2) is 7.61. The van der Waals surface area contributed by atoms with Crippen molar-refractivity contribution in [2.45, 2.75) is 13.0 Å². The highest BCUT2D eigenvalue weighted by Gasteiger charge is 1.83. The van der Waals surface area contributed by atoms with Gasteiger partial charge in [0.15, 0.2) is 5.11 Å². The first-order valence-electron chi connectivity index (χ1n) is 2.34. The van der Waals surface area contributed by atoms with Crippen LogP contribution >= 0.6 is 12.2 Å². The van der Waals surface area contributed by atoms with Crippen molar-refractivity contribution < 1.29 is 10.2 Å². The second-order valence-corrected chi connectivity index (χ2v) is 1.91. The summed E-state index contributed by atoms with van der Waals surface area (Å²) in [7, 11) is 0. The first kappa shape index (κ1) is 11.4. The summed E-state index contributed by atoms with van der Waals surface area (Å²) < 4.78 is 0. The van der Waals surface area contributed by atoms with Crippen LogP contribution in [-0.4, -0.2) is 28.0 Å². The average Bonchev–Trinajstić information content (AvgIpc) is 1.65. The van der Waals surface area contributed by atoms with E-state index >= 15 is 0 Å². The molecule has 0 radical (unpaired) electrons. The van der Waals surface area contributed by atoms with Gasteiger partial charge in [-0.2, -0.15) is 0 Å². The van der Waals surface area contributed by atoms with E-state index in [1.807, 2.05) is 0 Å². The molecule has 0 bridgehead atoms. The van der Waals surface area contributed by atoms with Crippen LogP contribution in [-0.2, 0) is 0 Å². The lowest BCUT2D eigenvalue weighted by molar-refractivity contribution is 0.110. The zero-order valence-electron chi connectivity index (χ0n) is 5.24. The zero-order valence-corrected chi connectivity index (χ0v) is 6.06. The van der Waals surface area contributed by atoms with E-state index in [1.54, 1.807) is 0 Å². The monoisotopic (exact) mass is 152 g/mol. The smallest absolute Gasteiger partial charge is 0.160 e. The highest BCUT2D eigenvalue weighted by Crippen LogP contribution is 1.68. The van der Waals surface area contributed by atoms with Crippen LogP contribution in [0.5, 0.6) is 0 Å². The quantitative estimate of drug-likeness (QED) is 0.345. The molecule has 0 aliphatic heterocycles. The van der Waals surface area contributed by atoms with Gasteiger partial charge in [0.2, 0.25) is 0 Å². The summed E-state index contributed by atoms with van der Waals surface area (Å²) in [5.74, 6) is 0. The van der Waals surface area contributed by atoms with E-state index in [2.05, 4.69) is 23.7 Å². The van der Waals surface area contributed by atoms with Crippen LogP contribution in [0.25, 0.3) is 0 Å². The third kappa shape index (κ3) is 92.4. The molecule has 0 spiro atoms. The summed E-state index contributed by atoms with van der Waals surface area (Å²) >= 11 is 4.09. The van der Waals surface area contributed by atoms with Crippen molar-refractivity contribution in [1.82, 2.24) is 0 Å². The summed E-state index contributed by atoms with van der Waals surface area (Å²) in [5, 5.41) is 16.0. The molecule has 1 unspecified atom stereocenters. The maximum atomic E-state index is 8.11. The van der Waals surface area contributed by atoms with E-state index in [0.29, 0.717) is 0 Å². The lowest BCUT2D eigenvalue weighted by Gasteiger charge is -1.90. The molecule has 9 heavy (non-hydrogen) atoms. The van der Waals surface area contributed by atoms with Gasteiger partial charge in [-0.1, -0.05) is 0 Å². The second-order valence-electron chi connectivity index (χ2n) is 1.43. The van der Waals surface area contributed by atoms with E-state index in [0.717, 1.165) is 0 Å². The van der Waals surface area contributed by atoms with Crippen LogP contribution in [0.3, 0.4) is 0 Å². The summed E-state index contributed by atoms with van der Waals surface area (Å²) in [6.45, 7) is 1.39. The Kier molecular flexibility index (Phi) is 9.65. The zero-order chi connectivity index (χ0) is 7.86. The number of hydrogen-bond donors (Lipinski definition) is 4. The van der Waals surface area contributed by atoms with Gasteiger partial charge in [-0.25, -0.2) is 0 Å². The predicted octanol–water partition coefficient (Wildman–Crippen LogP) is -1.45. The molecule has 0 amide bonds. The largest absolute Gasteiger partial charge is 0.394 e. The maximum absolute atomic E-state index is 8.11. The van der Waals surface area contributed by atoms with Gasteiger partial charge >= 0.3 is 0 Å². The number of nitrogens with two attached hydrogens (primary N) is 2. The number of rotatable bonds is 1. The van der Waals surface area contributed by atoms with Crippen molar-refractivity contribution >= 4 is 17.3 Å². The summed E-state index contributed by atoms with van der Waals surface area (Å²) in [4.78, 5) is 0. The van der Waals surface area contributed by atoms with Gasteiger partial charge < -0.3 is 21.7 Å². The maximum Gasteiger partial charge on any atom is 0.160 e. The molecule has 6 N–H and O–H groups in total. The molecule has 1 atom stereocenters. The highest BCUT2D eigenvalue weighted by molar-refractivity contribution is 7.80. The molecule has 0 fully saturated rings. The number of hydrogen-bond acceptors (Lipinski definition) is 3. The Morgan fingerprint density at radius 3 is 1.78 bits per heavy atom. The lowest BCUT2D eigenvalue weighted by atomic mass is 10.5. The Hall–Kier alpha value is -0.390. The standard InChI is InChI=1S/C3H8O2.CH4N2S/c1-3(5)2-4;2-1(3)4/h3-5H,2H2,1H3;(H4,2,3,4). The molecule has 0 aromatic rings. The van der Waals surface area contributed by atoms with Crippen molar-refractivity contribution in [1.29, 1.82) is 0 Å². The van der Waals surface area contributed by atoms with Crippen LogP contribution in [0.4, 0.5) is 0 Å². The third-order valence-corrected chi connectivity index (χ3v) is 0.264. The van der Waals surface area contributed by atoms with Crippen LogP contribution in [0.1, 0.15) is 6.92 Å². The Bertz CT molecular complexity index is 73.0. The van der Waals surface area contributed by atoms with Crippen LogP contribution < -0.4 is 11.5 Å². The average molecular weight is 152 g/mol. The minimum Gasteiger partial charge on any atom is -0.394 e. The first-order chi connectivity index (χ1) is 4.00. The van der Waals surface area contributed by atoms with E-state index in [-0.39, 0.29) is 11.7 Å². The van der Waals surface area contributed by atoms with E-state index in [9.17, 15) is 0 Å². The van der Waals surface area contributed by atoms with Crippen molar-refractivity contribution in [3.8, 4) is 0 Å². The van der Waals surface area contributed by atoms with Gasteiger partial charge in [0.1, 0.15) is 0 Å².